The van der Waals surface area contributed by atoms with E-state index in [1.807, 2.05) is 30.3 Å². The minimum absolute atomic E-state index is 0.166. The standard InChI is InChI=1S/C21H28N2O/c1-23(2)20-16-10-9-14-18(20)13-7-4-8-15-19(21(22)24)17-11-5-3-6-12-17/h3,5-6,9-12,14,16,19H,4,7-8,13,15H2,1-2H3,(H2,22,24). The largest absolute Gasteiger partial charge is 0.377 e. The van der Waals surface area contributed by atoms with Gasteiger partial charge in [-0.05, 0) is 36.5 Å². The van der Waals surface area contributed by atoms with Gasteiger partial charge < -0.3 is 10.6 Å². The van der Waals surface area contributed by atoms with Crippen molar-refractivity contribution >= 4 is 11.6 Å². The van der Waals surface area contributed by atoms with Gasteiger partial charge in [0.15, 0.2) is 0 Å². The zero-order valence-corrected chi connectivity index (χ0v) is 14.7. The number of unbranched alkanes of at least 4 members (excludes halogenated alkanes) is 2. The molecule has 0 saturated heterocycles. The zero-order valence-electron chi connectivity index (χ0n) is 14.7. The molecule has 2 N–H and O–H groups in total. The number of benzene rings is 2. The van der Waals surface area contributed by atoms with Gasteiger partial charge in [0, 0.05) is 19.8 Å². The van der Waals surface area contributed by atoms with Crippen LogP contribution in [0.4, 0.5) is 5.69 Å². The van der Waals surface area contributed by atoms with Crippen LogP contribution >= 0.6 is 0 Å². The number of rotatable bonds is 9. The lowest BCUT2D eigenvalue weighted by molar-refractivity contribution is -0.119. The van der Waals surface area contributed by atoms with E-state index in [2.05, 4.69) is 43.3 Å². The fraction of sp³-hybridized carbons (Fsp3) is 0.381. The van der Waals surface area contributed by atoms with Crippen molar-refractivity contribution in [3.05, 3.63) is 65.7 Å². The van der Waals surface area contributed by atoms with Crippen LogP contribution in [0.5, 0.6) is 0 Å². The first-order chi connectivity index (χ1) is 11.6. The van der Waals surface area contributed by atoms with Gasteiger partial charge >= 0.3 is 0 Å². The number of para-hydroxylation sites is 1. The molecule has 3 nitrogen and oxygen atoms in total. The molecular weight excluding hydrogens is 296 g/mol. The van der Waals surface area contributed by atoms with E-state index in [-0.39, 0.29) is 11.8 Å². The highest BCUT2D eigenvalue weighted by atomic mass is 16.1. The summed E-state index contributed by atoms with van der Waals surface area (Å²) >= 11 is 0. The molecule has 2 aromatic carbocycles. The van der Waals surface area contributed by atoms with Crippen LogP contribution in [0.25, 0.3) is 0 Å². The monoisotopic (exact) mass is 324 g/mol. The SMILES string of the molecule is CN(C)c1ccccc1CCCCCC(C(N)=O)c1ccccc1. The number of amides is 1. The molecule has 0 aliphatic rings. The molecule has 0 saturated carbocycles. The molecule has 0 fully saturated rings. The fourth-order valence-electron chi connectivity index (χ4n) is 3.16. The summed E-state index contributed by atoms with van der Waals surface area (Å²) in [6, 6.07) is 18.4. The van der Waals surface area contributed by atoms with Crippen molar-refractivity contribution < 1.29 is 4.79 Å². The van der Waals surface area contributed by atoms with Gasteiger partial charge in [0.25, 0.3) is 0 Å². The summed E-state index contributed by atoms with van der Waals surface area (Å²) in [5, 5.41) is 0. The molecule has 0 radical (unpaired) electrons. The highest BCUT2D eigenvalue weighted by molar-refractivity contribution is 5.81. The van der Waals surface area contributed by atoms with Gasteiger partial charge in [0.2, 0.25) is 5.91 Å². The van der Waals surface area contributed by atoms with Crippen molar-refractivity contribution in [2.45, 2.75) is 38.0 Å². The van der Waals surface area contributed by atoms with E-state index in [0.29, 0.717) is 0 Å². The number of aryl methyl sites for hydroxylation is 1. The number of nitrogens with zero attached hydrogens (tertiary/aromatic N) is 1. The second kappa shape index (κ2) is 9.11. The molecule has 0 aliphatic carbocycles. The van der Waals surface area contributed by atoms with Gasteiger partial charge in [-0.25, -0.2) is 0 Å². The van der Waals surface area contributed by atoms with E-state index in [0.717, 1.165) is 37.7 Å². The zero-order chi connectivity index (χ0) is 17.4. The summed E-state index contributed by atoms with van der Waals surface area (Å²) in [4.78, 5) is 13.9. The van der Waals surface area contributed by atoms with Crippen molar-refractivity contribution in [3.63, 3.8) is 0 Å². The van der Waals surface area contributed by atoms with Crippen LogP contribution in [0.3, 0.4) is 0 Å². The Kier molecular flexibility index (Phi) is 6.86. The Balaban J connectivity index is 1.81. The first-order valence-electron chi connectivity index (χ1n) is 8.69. The van der Waals surface area contributed by atoms with Crippen molar-refractivity contribution in [1.29, 1.82) is 0 Å². The molecule has 3 heteroatoms. The molecule has 0 aliphatic heterocycles. The molecule has 0 bridgehead atoms. The first-order valence-corrected chi connectivity index (χ1v) is 8.69. The highest BCUT2D eigenvalue weighted by Gasteiger charge is 2.16. The van der Waals surface area contributed by atoms with Crippen molar-refractivity contribution in [2.24, 2.45) is 5.73 Å². The molecule has 1 amide bonds. The van der Waals surface area contributed by atoms with Gasteiger partial charge in [0.05, 0.1) is 5.92 Å². The smallest absolute Gasteiger partial charge is 0.224 e. The molecule has 1 atom stereocenters. The van der Waals surface area contributed by atoms with Crippen LogP contribution in [0, 0.1) is 0 Å². The predicted molar refractivity (Wildman–Crippen MR) is 101 cm³/mol. The van der Waals surface area contributed by atoms with Gasteiger partial charge in [0.1, 0.15) is 0 Å². The average Bonchev–Trinajstić information content (AvgIpc) is 2.58. The number of anilines is 1. The van der Waals surface area contributed by atoms with Crippen LogP contribution in [0.1, 0.15) is 42.7 Å². The van der Waals surface area contributed by atoms with E-state index in [9.17, 15) is 4.79 Å². The van der Waals surface area contributed by atoms with E-state index in [4.69, 9.17) is 5.73 Å². The first kappa shape index (κ1) is 18.1. The van der Waals surface area contributed by atoms with Crippen molar-refractivity contribution in [2.75, 3.05) is 19.0 Å². The van der Waals surface area contributed by atoms with Crippen LogP contribution in [0.2, 0.25) is 0 Å². The van der Waals surface area contributed by atoms with Gasteiger partial charge in [-0.15, -0.1) is 0 Å². The second-order valence-electron chi connectivity index (χ2n) is 6.49. The van der Waals surface area contributed by atoms with Crippen molar-refractivity contribution in [1.82, 2.24) is 0 Å². The Hall–Kier alpha value is -2.29. The van der Waals surface area contributed by atoms with E-state index in [1.54, 1.807) is 0 Å². The summed E-state index contributed by atoms with van der Waals surface area (Å²) in [5.41, 5.74) is 9.29. The number of primary amides is 1. The lowest BCUT2D eigenvalue weighted by Gasteiger charge is -2.17. The van der Waals surface area contributed by atoms with Crippen molar-refractivity contribution in [3.8, 4) is 0 Å². The van der Waals surface area contributed by atoms with E-state index < -0.39 is 0 Å². The topological polar surface area (TPSA) is 46.3 Å². The maximum Gasteiger partial charge on any atom is 0.224 e. The van der Waals surface area contributed by atoms with Crippen LogP contribution in [-0.4, -0.2) is 20.0 Å². The maximum absolute atomic E-state index is 11.7. The Bertz CT molecular complexity index is 637. The number of hydrogen-bond acceptors (Lipinski definition) is 2. The molecule has 0 heterocycles. The molecule has 1 unspecified atom stereocenters. The molecular formula is C21H28N2O. The number of carbonyl (C=O) groups excluding carboxylic acids is 1. The third kappa shape index (κ3) is 5.12. The Morgan fingerprint density at radius 2 is 1.62 bits per heavy atom. The van der Waals surface area contributed by atoms with Crippen LogP contribution in [0.15, 0.2) is 54.6 Å². The van der Waals surface area contributed by atoms with E-state index in [1.165, 1.54) is 11.3 Å². The number of nitrogens with two attached hydrogens (primary N) is 1. The Labute approximate surface area is 145 Å². The molecule has 24 heavy (non-hydrogen) atoms. The molecule has 2 aromatic rings. The quantitative estimate of drug-likeness (QED) is 0.705. The summed E-state index contributed by atoms with van der Waals surface area (Å²) < 4.78 is 0. The predicted octanol–water partition coefficient (Wildman–Crippen LogP) is 4.12. The maximum atomic E-state index is 11.7. The lowest BCUT2D eigenvalue weighted by atomic mass is 9.92. The van der Waals surface area contributed by atoms with Gasteiger partial charge in [-0.1, -0.05) is 61.4 Å². The summed E-state index contributed by atoms with van der Waals surface area (Å²) in [6.45, 7) is 0. The molecule has 0 spiro atoms. The summed E-state index contributed by atoms with van der Waals surface area (Å²) in [7, 11) is 4.16. The fourth-order valence-corrected chi connectivity index (χ4v) is 3.16. The molecule has 2 rings (SSSR count). The highest BCUT2D eigenvalue weighted by Crippen LogP contribution is 2.24. The number of carbonyl (C=O) groups is 1. The molecule has 128 valence electrons. The van der Waals surface area contributed by atoms with Gasteiger partial charge in [-0.3, -0.25) is 4.79 Å². The third-order valence-electron chi connectivity index (χ3n) is 4.46. The van der Waals surface area contributed by atoms with E-state index >= 15 is 0 Å². The van der Waals surface area contributed by atoms with Crippen LogP contribution < -0.4 is 10.6 Å². The normalized spacial score (nSPS) is 11.9. The number of hydrogen-bond donors (Lipinski definition) is 1. The minimum atomic E-state index is -0.223. The molecule has 0 aromatic heterocycles. The summed E-state index contributed by atoms with van der Waals surface area (Å²) in [6.07, 6.45) is 5.16. The second-order valence-corrected chi connectivity index (χ2v) is 6.49. The Morgan fingerprint density at radius 1 is 0.958 bits per heavy atom. The van der Waals surface area contributed by atoms with Gasteiger partial charge in [-0.2, -0.15) is 0 Å². The van der Waals surface area contributed by atoms with Crippen LogP contribution in [-0.2, 0) is 11.2 Å². The Morgan fingerprint density at radius 3 is 2.29 bits per heavy atom. The minimum Gasteiger partial charge on any atom is -0.377 e. The third-order valence-corrected chi connectivity index (χ3v) is 4.46. The lowest BCUT2D eigenvalue weighted by Crippen LogP contribution is -2.21. The summed E-state index contributed by atoms with van der Waals surface area (Å²) in [5.74, 6) is -0.389. The average molecular weight is 324 g/mol.